The molecule has 0 spiro atoms. The van der Waals surface area contributed by atoms with Crippen LogP contribution in [0.3, 0.4) is 0 Å². The molecule has 0 fully saturated rings. The van der Waals surface area contributed by atoms with Gasteiger partial charge in [-0.05, 0) is 25.1 Å². The van der Waals surface area contributed by atoms with E-state index in [2.05, 4.69) is 5.32 Å². The molecule has 0 aliphatic carbocycles. The largest absolute Gasteiger partial charge is 0.497 e. The molecule has 2 aromatic carbocycles. The Morgan fingerprint density at radius 1 is 1.00 bits per heavy atom. The molecule has 1 atom stereocenters. The molecule has 0 aromatic heterocycles. The fraction of sp³-hybridized carbons (Fsp3) is 0.300. The van der Waals surface area contributed by atoms with Gasteiger partial charge in [0, 0.05) is 24.0 Å². The van der Waals surface area contributed by atoms with Crippen molar-refractivity contribution in [1.82, 2.24) is 5.32 Å². The summed E-state index contributed by atoms with van der Waals surface area (Å²) in [5, 5.41) is 2.90. The number of hydrogen-bond acceptors (Lipinski definition) is 4. The summed E-state index contributed by atoms with van der Waals surface area (Å²) < 4.78 is 10.6. The van der Waals surface area contributed by atoms with Gasteiger partial charge in [-0.15, -0.1) is 0 Å². The maximum absolute atomic E-state index is 12.2. The SMILES string of the molecule is COc1ccc(OC)c(C(C)NC(=O)CCC(=O)c2ccccc2)c1. The molecule has 5 heteroatoms. The second-order valence-electron chi connectivity index (χ2n) is 5.69. The number of carbonyl (C=O) groups is 2. The lowest BCUT2D eigenvalue weighted by atomic mass is 10.0. The Balaban J connectivity index is 1.95. The van der Waals surface area contributed by atoms with E-state index in [-0.39, 0.29) is 30.6 Å². The molecule has 0 aliphatic rings. The van der Waals surface area contributed by atoms with Gasteiger partial charge >= 0.3 is 0 Å². The molecule has 1 amide bonds. The van der Waals surface area contributed by atoms with E-state index in [0.717, 1.165) is 5.56 Å². The van der Waals surface area contributed by atoms with Crippen molar-refractivity contribution < 1.29 is 19.1 Å². The summed E-state index contributed by atoms with van der Waals surface area (Å²) in [6.07, 6.45) is 0.322. The third-order valence-corrected chi connectivity index (χ3v) is 3.96. The second-order valence-corrected chi connectivity index (χ2v) is 5.69. The van der Waals surface area contributed by atoms with Gasteiger partial charge in [0.2, 0.25) is 5.91 Å². The van der Waals surface area contributed by atoms with E-state index in [9.17, 15) is 9.59 Å². The number of benzene rings is 2. The third kappa shape index (κ3) is 5.08. The van der Waals surface area contributed by atoms with Crippen LogP contribution in [0.25, 0.3) is 0 Å². The Hall–Kier alpha value is -2.82. The first-order valence-electron chi connectivity index (χ1n) is 8.14. The molecule has 2 rings (SSSR count). The minimum absolute atomic E-state index is 0.0395. The Morgan fingerprint density at radius 3 is 2.36 bits per heavy atom. The van der Waals surface area contributed by atoms with Gasteiger partial charge in [-0.25, -0.2) is 0 Å². The molecule has 132 valence electrons. The van der Waals surface area contributed by atoms with Gasteiger partial charge in [0.05, 0.1) is 20.3 Å². The molecule has 0 saturated carbocycles. The normalized spacial score (nSPS) is 11.5. The summed E-state index contributed by atoms with van der Waals surface area (Å²) >= 11 is 0. The van der Waals surface area contributed by atoms with Gasteiger partial charge in [0.25, 0.3) is 0 Å². The molecular weight excluding hydrogens is 318 g/mol. The number of carbonyl (C=O) groups excluding carboxylic acids is 2. The molecule has 0 saturated heterocycles. The molecule has 25 heavy (non-hydrogen) atoms. The van der Waals surface area contributed by atoms with Gasteiger partial charge in [0.1, 0.15) is 11.5 Å². The van der Waals surface area contributed by atoms with Crippen LogP contribution in [-0.2, 0) is 4.79 Å². The molecule has 5 nitrogen and oxygen atoms in total. The summed E-state index contributed by atoms with van der Waals surface area (Å²) in [5.74, 6) is 1.15. The standard InChI is InChI=1S/C20H23NO4/c1-14(17-13-16(24-2)9-11-19(17)25-3)21-20(23)12-10-18(22)15-7-5-4-6-8-15/h4-9,11,13-14H,10,12H2,1-3H3,(H,21,23). The zero-order chi connectivity index (χ0) is 18.2. The first-order valence-corrected chi connectivity index (χ1v) is 8.14. The lowest BCUT2D eigenvalue weighted by Gasteiger charge is -2.18. The van der Waals surface area contributed by atoms with E-state index in [4.69, 9.17) is 9.47 Å². The quantitative estimate of drug-likeness (QED) is 0.746. The lowest BCUT2D eigenvalue weighted by molar-refractivity contribution is -0.121. The smallest absolute Gasteiger partial charge is 0.220 e. The van der Waals surface area contributed by atoms with Crippen LogP contribution in [0.4, 0.5) is 0 Å². The van der Waals surface area contributed by atoms with Crippen LogP contribution in [0.5, 0.6) is 11.5 Å². The fourth-order valence-corrected chi connectivity index (χ4v) is 2.56. The molecule has 0 radical (unpaired) electrons. The average Bonchev–Trinajstić information content (AvgIpc) is 2.66. The van der Waals surface area contributed by atoms with Crippen LogP contribution in [0.2, 0.25) is 0 Å². The van der Waals surface area contributed by atoms with Gasteiger partial charge in [-0.2, -0.15) is 0 Å². The number of Topliss-reactive ketones (excluding diaryl/α,β-unsaturated/α-hetero) is 1. The van der Waals surface area contributed by atoms with E-state index in [1.165, 1.54) is 0 Å². The van der Waals surface area contributed by atoms with Crippen LogP contribution in [-0.4, -0.2) is 25.9 Å². The molecule has 0 heterocycles. The van der Waals surface area contributed by atoms with Crippen molar-refractivity contribution in [1.29, 1.82) is 0 Å². The molecule has 1 unspecified atom stereocenters. The van der Waals surface area contributed by atoms with Crippen molar-refractivity contribution in [3.8, 4) is 11.5 Å². The summed E-state index contributed by atoms with van der Waals surface area (Å²) in [4.78, 5) is 24.3. The fourth-order valence-electron chi connectivity index (χ4n) is 2.56. The van der Waals surface area contributed by atoms with Crippen molar-refractivity contribution in [3.63, 3.8) is 0 Å². The highest BCUT2D eigenvalue weighted by molar-refractivity contribution is 5.97. The van der Waals surface area contributed by atoms with E-state index in [0.29, 0.717) is 17.1 Å². The Bertz CT molecular complexity index is 728. The van der Waals surface area contributed by atoms with Crippen molar-refractivity contribution >= 4 is 11.7 Å². The van der Waals surface area contributed by atoms with Crippen molar-refractivity contribution in [2.45, 2.75) is 25.8 Å². The number of nitrogens with one attached hydrogen (secondary N) is 1. The molecule has 0 aliphatic heterocycles. The van der Waals surface area contributed by atoms with Crippen LogP contribution < -0.4 is 14.8 Å². The number of rotatable bonds is 8. The highest BCUT2D eigenvalue weighted by atomic mass is 16.5. The molecule has 0 bridgehead atoms. The number of ketones is 1. The van der Waals surface area contributed by atoms with Gasteiger partial charge < -0.3 is 14.8 Å². The first-order chi connectivity index (χ1) is 12.0. The van der Waals surface area contributed by atoms with Crippen LogP contribution in [0, 0.1) is 0 Å². The highest BCUT2D eigenvalue weighted by Gasteiger charge is 2.16. The zero-order valence-electron chi connectivity index (χ0n) is 14.7. The Kier molecular flexibility index (Phi) is 6.57. The number of ether oxygens (including phenoxy) is 2. The predicted molar refractivity (Wildman–Crippen MR) is 96.1 cm³/mol. The van der Waals surface area contributed by atoms with Gasteiger partial charge in [0.15, 0.2) is 5.78 Å². The number of amides is 1. The second kappa shape index (κ2) is 8.87. The highest BCUT2D eigenvalue weighted by Crippen LogP contribution is 2.29. The van der Waals surface area contributed by atoms with Crippen molar-refractivity contribution in [2.75, 3.05) is 14.2 Å². The topological polar surface area (TPSA) is 64.6 Å². The van der Waals surface area contributed by atoms with Crippen LogP contribution in [0.1, 0.15) is 41.7 Å². The molecule has 1 N–H and O–H groups in total. The lowest BCUT2D eigenvalue weighted by Crippen LogP contribution is -2.27. The third-order valence-electron chi connectivity index (χ3n) is 3.96. The van der Waals surface area contributed by atoms with E-state index < -0.39 is 0 Å². The minimum Gasteiger partial charge on any atom is -0.497 e. The average molecular weight is 341 g/mol. The summed E-state index contributed by atoms with van der Waals surface area (Å²) in [6, 6.07) is 14.2. The van der Waals surface area contributed by atoms with Gasteiger partial charge in [-0.3, -0.25) is 9.59 Å². The maximum atomic E-state index is 12.2. The van der Waals surface area contributed by atoms with E-state index in [1.807, 2.05) is 31.2 Å². The van der Waals surface area contributed by atoms with Crippen molar-refractivity contribution in [2.24, 2.45) is 0 Å². The Labute approximate surface area is 148 Å². The predicted octanol–water partition coefficient (Wildman–Crippen LogP) is 3.54. The van der Waals surface area contributed by atoms with E-state index in [1.54, 1.807) is 38.5 Å². The number of hydrogen-bond donors (Lipinski definition) is 1. The van der Waals surface area contributed by atoms with Crippen molar-refractivity contribution in [3.05, 3.63) is 59.7 Å². The Morgan fingerprint density at radius 2 is 1.72 bits per heavy atom. The van der Waals surface area contributed by atoms with Crippen LogP contribution in [0.15, 0.2) is 48.5 Å². The summed E-state index contributed by atoms with van der Waals surface area (Å²) in [7, 11) is 3.17. The summed E-state index contributed by atoms with van der Waals surface area (Å²) in [6.45, 7) is 1.87. The molecule has 2 aromatic rings. The molecular formula is C20H23NO4. The maximum Gasteiger partial charge on any atom is 0.220 e. The first kappa shape index (κ1) is 18.5. The minimum atomic E-state index is -0.260. The van der Waals surface area contributed by atoms with Crippen LogP contribution >= 0.6 is 0 Å². The zero-order valence-corrected chi connectivity index (χ0v) is 14.7. The summed E-state index contributed by atoms with van der Waals surface area (Å²) in [5.41, 5.74) is 1.45. The van der Waals surface area contributed by atoms with E-state index >= 15 is 0 Å². The monoisotopic (exact) mass is 341 g/mol. The number of methoxy groups -OCH3 is 2. The van der Waals surface area contributed by atoms with Gasteiger partial charge in [-0.1, -0.05) is 30.3 Å².